The Hall–Kier alpha value is -5.46. The van der Waals surface area contributed by atoms with E-state index in [4.69, 9.17) is 0 Å². The minimum Gasteiger partial charge on any atom is -0.0622 e. The Balaban J connectivity index is 1.30. The van der Waals surface area contributed by atoms with E-state index in [1.165, 1.54) is 16.7 Å². The van der Waals surface area contributed by atoms with E-state index in [9.17, 15) is 5.48 Å². The highest BCUT2D eigenvalue weighted by Gasteiger charge is 2.40. The van der Waals surface area contributed by atoms with E-state index < -0.39 is 5.41 Å². The van der Waals surface area contributed by atoms with Crippen LogP contribution in [0.3, 0.4) is 0 Å². The van der Waals surface area contributed by atoms with Crippen molar-refractivity contribution in [1.29, 1.82) is 0 Å². The number of rotatable bonds is 3. The second-order valence-corrected chi connectivity index (χ2v) is 11.9. The molecule has 8 aromatic carbocycles. The zero-order valence-corrected chi connectivity index (χ0v) is 24.3. The van der Waals surface area contributed by atoms with Crippen LogP contribution in [0.1, 0.15) is 29.1 Å². The molecule has 1 aliphatic carbocycles. The van der Waals surface area contributed by atoms with Crippen molar-refractivity contribution in [2.45, 2.75) is 12.3 Å². The first-order chi connectivity index (χ1) is 23.4. The van der Waals surface area contributed by atoms with Gasteiger partial charge in [0.2, 0.25) is 0 Å². The highest BCUT2D eigenvalue weighted by molar-refractivity contribution is 6.20. The molecule has 1 aliphatic rings. The van der Waals surface area contributed by atoms with Crippen LogP contribution in [-0.2, 0) is 5.41 Å². The van der Waals surface area contributed by atoms with Gasteiger partial charge in [0.1, 0.15) is 0 Å². The highest BCUT2D eigenvalue weighted by atomic mass is 14.4. The largest absolute Gasteiger partial charge is 0.0629 e. The van der Waals surface area contributed by atoms with Crippen molar-refractivity contribution in [3.8, 4) is 33.4 Å². The molecule has 0 saturated heterocycles. The van der Waals surface area contributed by atoms with Gasteiger partial charge in [-0.25, -0.2) is 0 Å². The first-order valence-electron chi connectivity index (χ1n) is 17.1. The van der Waals surface area contributed by atoms with Crippen molar-refractivity contribution in [2.24, 2.45) is 0 Å². The molecular formula is C44H30. The molecule has 0 fully saturated rings. The number of benzene rings is 8. The van der Waals surface area contributed by atoms with E-state index in [-0.39, 0.29) is 24.2 Å². The second-order valence-electron chi connectivity index (χ2n) is 11.9. The lowest BCUT2D eigenvalue weighted by atomic mass is 9.74. The molecule has 8 aromatic rings. The molecule has 1 atom stereocenters. The van der Waals surface area contributed by atoms with E-state index in [2.05, 4.69) is 104 Å². The summed E-state index contributed by atoms with van der Waals surface area (Å²) in [6.07, 6.45) is 0. The summed E-state index contributed by atoms with van der Waals surface area (Å²) in [6.45, 7) is 2.24. The van der Waals surface area contributed by atoms with E-state index in [1.54, 1.807) is 0 Å². The standard InChI is InChI=1S/C44H30/c1-44(34-13-3-2-4-14-34)41-18-10-9-17-37(41)38-25-24-32(28-42(38)44)29-19-21-31(22-20-29)43-36-16-8-6-12-33(36)27-40-35-15-7-5-11-30(35)23-26-39(40)43/h2-28H,1H3/i19D,20D,21D,22D. The third-order valence-corrected chi connectivity index (χ3v) is 9.60. The average molecular weight is 563 g/mol. The summed E-state index contributed by atoms with van der Waals surface area (Å²) in [5.74, 6) is 0. The van der Waals surface area contributed by atoms with Gasteiger partial charge in [-0.1, -0.05) is 152 Å². The van der Waals surface area contributed by atoms with Gasteiger partial charge in [0, 0.05) is 5.41 Å². The Morgan fingerprint density at radius 3 is 1.93 bits per heavy atom. The van der Waals surface area contributed by atoms with Gasteiger partial charge in [0.25, 0.3) is 0 Å². The molecule has 0 spiro atoms. The molecule has 0 bridgehead atoms. The fourth-order valence-electron chi connectivity index (χ4n) is 7.40. The van der Waals surface area contributed by atoms with Gasteiger partial charge in [0.15, 0.2) is 0 Å². The van der Waals surface area contributed by atoms with Crippen molar-refractivity contribution >= 4 is 32.3 Å². The summed E-state index contributed by atoms with van der Waals surface area (Å²) in [5, 5.41) is 6.05. The van der Waals surface area contributed by atoms with Crippen molar-refractivity contribution < 1.29 is 5.48 Å². The molecule has 0 heteroatoms. The van der Waals surface area contributed by atoms with Gasteiger partial charge in [-0.3, -0.25) is 0 Å². The fraction of sp³-hybridized carbons (Fsp3) is 0.0455. The van der Waals surface area contributed by atoms with E-state index in [1.807, 2.05) is 42.5 Å². The third-order valence-electron chi connectivity index (χ3n) is 9.60. The monoisotopic (exact) mass is 562 g/mol. The maximum Gasteiger partial charge on any atom is 0.0629 e. The zero-order chi connectivity index (χ0) is 32.7. The summed E-state index contributed by atoms with van der Waals surface area (Å²) >= 11 is 0. The van der Waals surface area contributed by atoms with Crippen LogP contribution in [0.15, 0.2) is 164 Å². The molecule has 206 valence electrons. The topological polar surface area (TPSA) is 0 Å². The normalized spacial score (nSPS) is 16.8. The smallest absolute Gasteiger partial charge is 0.0622 e. The lowest BCUT2D eigenvalue weighted by Gasteiger charge is -2.28. The number of hydrogen-bond donors (Lipinski definition) is 0. The molecule has 44 heavy (non-hydrogen) atoms. The minimum absolute atomic E-state index is 0.0357. The average Bonchev–Trinajstić information content (AvgIpc) is 3.39. The zero-order valence-electron chi connectivity index (χ0n) is 28.3. The molecule has 0 aromatic heterocycles. The minimum atomic E-state index is -0.439. The summed E-state index contributed by atoms with van der Waals surface area (Å²) < 4.78 is 37.7. The summed E-state index contributed by atoms with van der Waals surface area (Å²) in [5.41, 5.74) is 7.40. The van der Waals surface area contributed by atoms with Crippen LogP contribution in [0.5, 0.6) is 0 Å². The van der Waals surface area contributed by atoms with Crippen LogP contribution in [0, 0.1) is 0 Å². The predicted molar refractivity (Wildman–Crippen MR) is 187 cm³/mol. The Morgan fingerprint density at radius 1 is 0.432 bits per heavy atom. The van der Waals surface area contributed by atoms with Crippen LogP contribution in [-0.4, -0.2) is 0 Å². The van der Waals surface area contributed by atoms with Crippen molar-refractivity contribution in [1.82, 2.24) is 0 Å². The molecule has 0 radical (unpaired) electrons. The van der Waals surface area contributed by atoms with Crippen molar-refractivity contribution in [3.05, 3.63) is 180 Å². The lowest BCUT2D eigenvalue weighted by molar-refractivity contribution is 0.714. The maximum absolute atomic E-state index is 9.45. The summed E-state index contributed by atoms with van der Waals surface area (Å²) in [6, 6.07) is 47.5. The van der Waals surface area contributed by atoms with Crippen LogP contribution < -0.4 is 0 Å². The van der Waals surface area contributed by atoms with Gasteiger partial charge in [-0.2, -0.15) is 0 Å². The highest BCUT2D eigenvalue weighted by Crippen LogP contribution is 2.53. The van der Waals surface area contributed by atoms with Crippen molar-refractivity contribution in [3.63, 3.8) is 0 Å². The molecular weight excluding hydrogens is 528 g/mol. The summed E-state index contributed by atoms with van der Waals surface area (Å²) in [7, 11) is 0. The SMILES string of the molecule is [2H]c1c([2H])c(-c2c3ccccc3cc3c2ccc2ccccc23)c([2H])c([2H])c1-c1ccc2c(c1)C(C)(c1ccccc1)c1ccccc1-2. The predicted octanol–water partition coefficient (Wildman–Crippen LogP) is 11.8. The van der Waals surface area contributed by atoms with Crippen LogP contribution in [0.25, 0.3) is 65.7 Å². The van der Waals surface area contributed by atoms with Crippen molar-refractivity contribution in [2.75, 3.05) is 0 Å². The molecule has 0 nitrogen and oxygen atoms in total. The van der Waals surface area contributed by atoms with Crippen LogP contribution >= 0.6 is 0 Å². The van der Waals surface area contributed by atoms with Gasteiger partial charge >= 0.3 is 0 Å². The van der Waals surface area contributed by atoms with E-state index in [0.717, 1.165) is 49.0 Å². The third kappa shape index (κ3) is 3.58. The Bertz CT molecular complexity index is 2590. The van der Waals surface area contributed by atoms with Crippen LogP contribution in [0.4, 0.5) is 0 Å². The Kier molecular flexibility index (Phi) is 4.60. The maximum atomic E-state index is 9.45. The Morgan fingerprint density at radius 2 is 1.09 bits per heavy atom. The van der Waals surface area contributed by atoms with E-state index in [0.29, 0.717) is 16.7 Å². The van der Waals surface area contributed by atoms with Gasteiger partial charge < -0.3 is 0 Å². The first kappa shape index (κ1) is 21.3. The first-order valence-corrected chi connectivity index (χ1v) is 15.1. The molecule has 1 unspecified atom stereocenters. The lowest BCUT2D eigenvalue weighted by Crippen LogP contribution is -2.22. The summed E-state index contributed by atoms with van der Waals surface area (Å²) in [4.78, 5) is 0. The molecule has 0 saturated carbocycles. The molecule has 0 heterocycles. The molecule has 0 aliphatic heterocycles. The Labute approximate surface area is 263 Å². The van der Waals surface area contributed by atoms with Gasteiger partial charge in [-0.05, 0) is 101 Å². The van der Waals surface area contributed by atoms with Gasteiger partial charge in [0.05, 0.1) is 5.48 Å². The fourth-order valence-corrected chi connectivity index (χ4v) is 7.40. The second kappa shape index (κ2) is 9.53. The number of fused-ring (bicyclic) bond motifs is 7. The van der Waals surface area contributed by atoms with E-state index >= 15 is 0 Å². The van der Waals surface area contributed by atoms with Crippen LogP contribution in [0.2, 0.25) is 0 Å². The molecule has 0 amide bonds. The number of hydrogen-bond acceptors (Lipinski definition) is 0. The molecule has 9 rings (SSSR count). The van der Waals surface area contributed by atoms with Gasteiger partial charge in [-0.15, -0.1) is 0 Å². The molecule has 0 N–H and O–H groups in total. The quantitative estimate of drug-likeness (QED) is 0.148.